The van der Waals surface area contributed by atoms with E-state index >= 15 is 0 Å². The fourth-order valence-corrected chi connectivity index (χ4v) is 4.71. The van der Waals surface area contributed by atoms with Crippen molar-refractivity contribution in [1.82, 2.24) is 0 Å². The average Bonchev–Trinajstić information content (AvgIpc) is 2.61. The van der Waals surface area contributed by atoms with Gasteiger partial charge in [-0.1, -0.05) is 26.7 Å². The van der Waals surface area contributed by atoms with E-state index in [1.165, 1.54) is 38.5 Å². The zero-order valence-electron chi connectivity index (χ0n) is 9.88. The summed E-state index contributed by atoms with van der Waals surface area (Å²) in [5.41, 5.74) is 0.597. The number of rotatable bonds is 3. The molecule has 1 nitrogen and oxygen atoms in total. The van der Waals surface area contributed by atoms with Crippen LogP contribution in [0.5, 0.6) is 0 Å². The van der Waals surface area contributed by atoms with Gasteiger partial charge in [0.2, 0.25) is 0 Å². The summed E-state index contributed by atoms with van der Waals surface area (Å²) in [4.78, 5) is 0. The van der Waals surface area contributed by atoms with Crippen LogP contribution in [-0.2, 0) is 0 Å². The Morgan fingerprint density at radius 2 is 1.87 bits per heavy atom. The first kappa shape index (κ1) is 11.3. The van der Waals surface area contributed by atoms with Crippen molar-refractivity contribution in [2.75, 3.05) is 5.75 Å². The van der Waals surface area contributed by atoms with Gasteiger partial charge in [-0.25, -0.2) is 0 Å². The molecule has 0 bridgehead atoms. The van der Waals surface area contributed by atoms with E-state index in [4.69, 9.17) is 0 Å². The maximum Gasteiger partial charge on any atom is 0.103 e. The molecule has 0 aliphatic heterocycles. The standard InChI is InChI=1S/C13H21NS/c1-11(2)7-15-13(10-14)8-12(9-13)5-3-4-6-12/h11H,3-9H2,1-2H3. The van der Waals surface area contributed by atoms with Gasteiger partial charge < -0.3 is 0 Å². The molecule has 0 heterocycles. The zero-order valence-corrected chi connectivity index (χ0v) is 10.7. The molecule has 0 N–H and O–H groups in total. The quantitative estimate of drug-likeness (QED) is 0.722. The molecule has 0 unspecified atom stereocenters. The molecule has 15 heavy (non-hydrogen) atoms. The lowest BCUT2D eigenvalue weighted by Gasteiger charge is -2.51. The van der Waals surface area contributed by atoms with E-state index in [0.29, 0.717) is 11.3 Å². The van der Waals surface area contributed by atoms with Gasteiger partial charge in [0.25, 0.3) is 0 Å². The van der Waals surface area contributed by atoms with Gasteiger partial charge in [0.15, 0.2) is 0 Å². The van der Waals surface area contributed by atoms with E-state index in [0.717, 1.165) is 5.75 Å². The molecule has 2 fully saturated rings. The smallest absolute Gasteiger partial charge is 0.103 e. The largest absolute Gasteiger partial charge is 0.197 e. The molecule has 2 rings (SSSR count). The fourth-order valence-electron chi connectivity index (χ4n) is 3.18. The van der Waals surface area contributed by atoms with Gasteiger partial charge in [0, 0.05) is 0 Å². The second-order valence-corrected chi connectivity index (χ2v) is 7.28. The first-order valence-electron chi connectivity index (χ1n) is 6.15. The summed E-state index contributed by atoms with van der Waals surface area (Å²) < 4.78 is -0.00535. The van der Waals surface area contributed by atoms with Crippen LogP contribution in [0.3, 0.4) is 0 Å². The Morgan fingerprint density at radius 3 is 2.33 bits per heavy atom. The lowest BCUT2D eigenvalue weighted by atomic mass is 9.61. The SMILES string of the molecule is CC(C)CSC1(C#N)CC2(CCCC2)C1. The highest BCUT2D eigenvalue weighted by Gasteiger charge is 2.55. The fraction of sp³-hybridized carbons (Fsp3) is 0.923. The zero-order chi connectivity index (χ0) is 10.9. The van der Waals surface area contributed by atoms with E-state index in [1.807, 2.05) is 11.8 Å². The van der Waals surface area contributed by atoms with Gasteiger partial charge in [0.05, 0.1) is 6.07 Å². The van der Waals surface area contributed by atoms with Crippen molar-refractivity contribution < 1.29 is 0 Å². The summed E-state index contributed by atoms with van der Waals surface area (Å²) in [5.74, 6) is 1.85. The molecular weight excluding hydrogens is 202 g/mol. The summed E-state index contributed by atoms with van der Waals surface area (Å²) >= 11 is 1.92. The normalized spacial score (nSPS) is 26.5. The summed E-state index contributed by atoms with van der Waals surface area (Å²) in [5, 5.41) is 9.32. The lowest BCUT2D eigenvalue weighted by molar-refractivity contribution is 0.119. The van der Waals surface area contributed by atoms with Crippen molar-refractivity contribution in [2.45, 2.75) is 57.1 Å². The van der Waals surface area contributed by atoms with Crippen LogP contribution >= 0.6 is 11.8 Å². The second-order valence-electron chi connectivity index (χ2n) is 5.87. The van der Waals surface area contributed by atoms with Crippen LogP contribution < -0.4 is 0 Å². The van der Waals surface area contributed by atoms with Crippen molar-refractivity contribution in [3.8, 4) is 6.07 Å². The van der Waals surface area contributed by atoms with Crippen LogP contribution in [0.2, 0.25) is 0 Å². The van der Waals surface area contributed by atoms with E-state index in [9.17, 15) is 5.26 Å². The molecular formula is C13H21NS. The van der Waals surface area contributed by atoms with E-state index < -0.39 is 0 Å². The van der Waals surface area contributed by atoms with Crippen molar-refractivity contribution in [2.24, 2.45) is 11.3 Å². The maximum absolute atomic E-state index is 9.32. The predicted molar refractivity (Wildman–Crippen MR) is 65.8 cm³/mol. The van der Waals surface area contributed by atoms with E-state index in [1.54, 1.807) is 0 Å². The Labute approximate surface area is 97.6 Å². The van der Waals surface area contributed by atoms with Crippen LogP contribution in [0.15, 0.2) is 0 Å². The van der Waals surface area contributed by atoms with Gasteiger partial charge in [-0.2, -0.15) is 5.26 Å². The van der Waals surface area contributed by atoms with Crippen molar-refractivity contribution >= 4 is 11.8 Å². The average molecular weight is 223 g/mol. The summed E-state index contributed by atoms with van der Waals surface area (Å²) in [6, 6.07) is 2.58. The summed E-state index contributed by atoms with van der Waals surface area (Å²) in [6.07, 6.45) is 7.92. The number of hydrogen-bond donors (Lipinski definition) is 0. The molecule has 0 saturated heterocycles. The summed E-state index contributed by atoms with van der Waals surface area (Å²) in [6.45, 7) is 4.48. The molecule has 2 aliphatic rings. The third-order valence-electron chi connectivity index (χ3n) is 3.88. The van der Waals surface area contributed by atoms with Gasteiger partial charge in [-0.05, 0) is 42.8 Å². The highest BCUT2D eigenvalue weighted by Crippen LogP contribution is 2.62. The first-order chi connectivity index (χ1) is 7.10. The minimum absolute atomic E-state index is 0.00535. The molecule has 2 heteroatoms. The number of nitriles is 1. The minimum atomic E-state index is -0.00535. The molecule has 0 amide bonds. The highest BCUT2D eigenvalue weighted by molar-refractivity contribution is 8.00. The number of hydrogen-bond acceptors (Lipinski definition) is 2. The number of thioether (sulfide) groups is 1. The maximum atomic E-state index is 9.32. The third kappa shape index (κ3) is 2.18. The van der Waals surface area contributed by atoms with Crippen molar-refractivity contribution in [3.63, 3.8) is 0 Å². The number of nitrogens with zero attached hydrogens (tertiary/aromatic N) is 1. The van der Waals surface area contributed by atoms with Crippen LogP contribution in [0, 0.1) is 22.7 Å². The van der Waals surface area contributed by atoms with Gasteiger partial charge in [-0.15, -0.1) is 11.8 Å². The predicted octanol–water partition coefficient (Wildman–Crippen LogP) is 3.99. The first-order valence-corrected chi connectivity index (χ1v) is 7.14. The Hall–Kier alpha value is -0.160. The van der Waals surface area contributed by atoms with Gasteiger partial charge >= 0.3 is 0 Å². The minimum Gasteiger partial charge on any atom is -0.197 e. The Morgan fingerprint density at radius 1 is 1.27 bits per heavy atom. The van der Waals surface area contributed by atoms with Crippen LogP contribution in [0.1, 0.15) is 52.4 Å². The lowest BCUT2D eigenvalue weighted by Crippen LogP contribution is -2.47. The Kier molecular flexibility index (Phi) is 3.03. The molecule has 0 radical (unpaired) electrons. The summed E-state index contributed by atoms with van der Waals surface area (Å²) in [7, 11) is 0. The second kappa shape index (κ2) is 4.01. The monoisotopic (exact) mass is 223 g/mol. The molecule has 0 aromatic heterocycles. The molecule has 0 aromatic carbocycles. The molecule has 0 aromatic rings. The third-order valence-corrected chi connectivity index (χ3v) is 5.65. The van der Waals surface area contributed by atoms with Gasteiger partial charge in [0.1, 0.15) is 4.75 Å². The molecule has 0 atom stereocenters. The topological polar surface area (TPSA) is 23.8 Å². The molecule has 1 spiro atoms. The Balaban J connectivity index is 1.89. The van der Waals surface area contributed by atoms with Crippen LogP contribution in [-0.4, -0.2) is 10.5 Å². The van der Waals surface area contributed by atoms with E-state index in [-0.39, 0.29) is 4.75 Å². The van der Waals surface area contributed by atoms with Crippen LogP contribution in [0.25, 0.3) is 0 Å². The van der Waals surface area contributed by atoms with E-state index in [2.05, 4.69) is 19.9 Å². The molecule has 2 saturated carbocycles. The van der Waals surface area contributed by atoms with Crippen molar-refractivity contribution in [1.29, 1.82) is 5.26 Å². The van der Waals surface area contributed by atoms with Crippen molar-refractivity contribution in [3.05, 3.63) is 0 Å². The highest BCUT2D eigenvalue weighted by atomic mass is 32.2. The molecule has 84 valence electrons. The molecule has 2 aliphatic carbocycles. The Bertz CT molecular complexity index is 263. The van der Waals surface area contributed by atoms with Crippen LogP contribution in [0.4, 0.5) is 0 Å². The van der Waals surface area contributed by atoms with Gasteiger partial charge in [-0.3, -0.25) is 0 Å².